The van der Waals surface area contributed by atoms with Crippen LogP contribution in [-0.4, -0.2) is 35.7 Å². The summed E-state index contributed by atoms with van der Waals surface area (Å²) >= 11 is 0. The number of hydrogen-bond donors (Lipinski definition) is 3. The Hall–Kier alpha value is -0.610. The van der Waals surface area contributed by atoms with E-state index in [1.807, 2.05) is 13.8 Å². The van der Waals surface area contributed by atoms with Gasteiger partial charge in [0.05, 0.1) is 12.1 Å². The summed E-state index contributed by atoms with van der Waals surface area (Å²) < 4.78 is 0. The van der Waals surface area contributed by atoms with Crippen LogP contribution in [0.25, 0.3) is 0 Å². The van der Waals surface area contributed by atoms with E-state index >= 15 is 0 Å². The minimum Gasteiger partial charge on any atom is -0.393 e. The van der Waals surface area contributed by atoms with Crippen LogP contribution >= 0.6 is 0 Å². The quantitative estimate of drug-likeness (QED) is 0.625. The van der Waals surface area contributed by atoms with Crippen LogP contribution in [-0.2, 0) is 4.79 Å². The lowest BCUT2D eigenvalue weighted by Gasteiger charge is -2.32. The van der Waals surface area contributed by atoms with Gasteiger partial charge in [-0.2, -0.15) is 0 Å². The van der Waals surface area contributed by atoms with Crippen LogP contribution in [0.3, 0.4) is 0 Å². The van der Waals surface area contributed by atoms with Crippen LogP contribution in [0.4, 0.5) is 0 Å². The van der Waals surface area contributed by atoms with Crippen molar-refractivity contribution in [1.82, 2.24) is 10.6 Å². The van der Waals surface area contributed by atoms with Crippen molar-refractivity contribution in [1.29, 1.82) is 0 Å². The first-order valence-corrected chi connectivity index (χ1v) is 6.24. The number of nitrogens with one attached hydrogen (secondary N) is 2. The van der Waals surface area contributed by atoms with Gasteiger partial charge in [-0.05, 0) is 45.6 Å². The Morgan fingerprint density at radius 3 is 2.56 bits per heavy atom. The first kappa shape index (κ1) is 13.5. The normalized spacial score (nSPS) is 28.0. The maximum atomic E-state index is 11.7. The Bertz CT molecular complexity index is 227. The van der Waals surface area contributed by atoms with E-state index in [4.69, 9.17) is 5.11 Å². The van der Waals surface area contributed by atoms with Crippen molar-refractivity contribution in [2.75, 3.05) is 6.54 Å². The van der Waals surface area contributed by atoms with Crippen LogP contribution in [0.1, 0.15) is 40.0 Å². The summed E-state index contributed by atoms with van der Waals surface area (Å²) in [6, 6.07) is 0.0917. The predicted octanol–water partition coefficient (Wildman–Crippen LogP) is 0.650. The summed E-state index contributed by atoms with van der Waals surface area (Å²) in [5, 5.41) is 15.3. The molecule has 0 aromatic carbocycles. The zero-order valence-corrected chi connectivity index (χ0v) is 10.5. The third-order valence-electron chi connectivity index (χ3n) is 3.32. The molecule has 0 bridgehead atoms. The second kappa shape index (κ2) is 6.21. The molecule has 1 rings (SSSR count). The van der Waals surface area contributed by atoms with E-state index in [0.717, 1.165) is 25.8 Å². The molecule has 0 aromatic heterocycles. The summed E-state index contributed by atoms with van der Waals surface area (Å²) in [5.74, 6) is 0.600. The number of aliphatic hydroxyl groups excluding tert-OH is 1. The Kier molecular flexibility index (Phi) is 5.22. The third-order valence-corrected chi connectivity index (χ3v) is 3.32. The molecule has 3 N–H and O–H groups in total. The van der Waals surface area contributed by atoms with E-state index in [-0.39, 0.29) is 24.1 Å². The molecule has 0 saturated heterocycles. The van der Waals surface area contributed by atoms with Crippen molar-refractivity contribution in [3.05, 3.63) is 0 Å². The lowest BCUT2D eigenvalue weighted by molar-refractivity contribution is -0.123. The lowest BCUT2D eigenvalue weighted by atomic mass is 9.82. The molecule has 0 aromatic rings. The zero-order chi connectivity index (χ0) is 12.1. The van der Waals surface area contributed by atoms with Gasteiger partial charge < -0.3 is 15.7 Å². The smallest absolute Gasteiger partial charge is 0.237 e. The van der Waals surface area contributed by atoms with E-state index in [0.29, 0.717) is 5.92 Å². The van der Waals surface area contributed by atoms with Crippen LogP contribution in [0.15, 0.2) is 0 Å². The highest BCUT2D eigenvalue weighted by Crippen LogP contribution is 2.26. The highest BCUT2D eigenvalue weighted by atomic mass is 16.3. The molecule has 0 radical (unpaired) electrons. The summed E-state index contributed by atoms with van der Waals surface area (Å²) in [7, 11) is 0. The van der Waals surface area contributed by atoms with E-state index in [9.17, 15) is 4.79 Å². The number of carbonyl (C=O) groups is 1. The third kappa shape index (κ3) is 4.10. The van der Waals surface area contributed by atoms with Gasteiger partial charge in [-0.3, -0.25) is 4.79 Å². The number of carbonyl (C=O) groups excluding carboxylic acids is 1. The summed E-state index contributed by atoms with van der Waals surface area (Å²) in [5.41, 5.74) is 0. The molecule has 2 atom stereocenters. The monoisotopic (exact) mass is 228 g/mol. The molecule has 16 heavy (non-hydrogen) atoms. The second-order valence-electron chi connectivity index (χ2n) is 4.94. The van der Waals surface area contributed by atoms with Crippen LogP contribution in [0.2, 0.25) is 0 Å². The molecule has 1 saturated carbocycles. The first-order valence-electron chi connectivity index (χ1n) is 6.24. The van der Waals surface area contributed by atoms with Gasteiger partial charge in [0.1, 0.15) is 0 Å². The number of rotatable bonds is 6. The molecule has 1 amide bonds. The van der Waals surface area contributed by atoms with Crippen molar-refractivity contribution >= 4 is 5.91 Å². The van der Waals surface area contributed by atoms with Crippen LogP contribution in [0, 0.1) is 5.92 Å². The first-order chi connectivity index (χ1) is 7.52. The van der Waals surface area contributed by atoms with Gasteiger partial charge in [-0.15, -0.1) is 0 Å². The summed E-state index contributed by atoms with van der Waals surface area (Å²) in [4.78, 5) is 11.7. The molecule has 94 valence electrons. The van der Waals surface area contributed by atoms with Crippen molar-refractivity contribution in [3.8, 4) is 0 Å². The molecule has 1 aliphatic rings. The van der Waals surface area contributed by atoms with E-state index < -0.39 is 0 Å². The molecule has 0 heterocycles. The average Bonchev–Trinajstić information content (AvgIpc) is 2.21. The van der Waals surface area contributed by atoms with Crippen molar-refractivity contribution in [2.24, 2.45) is 5.92 Å². The molecule has 4 nitrogen and oxygen atoms in total. The van der Waals surface area contributed by atoms with Gasteiger partial charge in [-0.1, -0.05) is 6.92 Å². The maximum Gasteiger partial charge on any atom is 0.237 e. The minimum atomic E-state index is -0.147. The molecular formula is C12H24N2O2. The summed E-state index contributed by atoms with van der Waals surface area (Å²) in [6.45, 7) is 6.77. The van der Waals surface area contributed by atoms with Crippen LogP contribution in [0.5, 0.6) is 0 Å². The standard InChI is InChI=1S/C12H24N2O2/c1-4-8(2)14-12(16)9(3)13-7-10-5-11(15)6-10/h8-11,13,15H,4-7H2,1-3H3,(H,14,16). The Balaban J connectivity index is 2.13. The molecule has 0 spiro atoms. The number of amides is 1. The van der Waals surface area contributed by atoms with Crippen LogP contribution < -0.4 is 10.6 Å². The SMILES string of the molecule is CCC(C)NC(=O)C(C)NCC1CC(O)C1. The Labute approximate surface area is 97.8 Å². The van der Waals surface area contributed by atoms with E-state index in [1.54, 1.807) is 0 Å². The fraction of sp³-hybridized carbons (Fsp3) is 0.917. The molecular weight excluding hydrogens is 204 g/mol. The molecule has 1 fully saturated rings. The fourth-order valence-corrected chi connectivity index (χ4v) is 1.77. The maximum absolute atomic E-state index is 11.7. The topological polar surface area (TPSA) is 61.4 Å². The lowest BCUT2D eigenvalue weighted by Crippen LogP contribution is -2.48. The van der Waals surface area contributed by atoms with Gasteiger partial charge in [0.15, 0.2) is 0 Å². The summed E-state index contributed by atoms with van der Waals surface area (Å²) in [6.07, 6.45) is 2.57. The van der Waals surface area contributed by atoms with Crippen molar-refractivity contribution in [3.63, 3.8) is 0 Å². The molecule has 2 unspecified atom stereocenters. The minimum absolute atomic E-state index is 0.0641. The Morgan fingerprint density at radius 1 is 1.44 bits per heavy atom. The predicted molar refractivity (Wildman–Crippen MR) is 64.1 cm³/mol. The van der Waals surface area contributed by atoms with E-state index in [1.165, 1.54) is 0 Å². The molecule has 4 heteroatoms. The number of hydrogen-bond acceptors (Lipinski definition) is 3. The van der Waals surface area contributed by atoms with Gasteiger partial charge in [-0.25, -0.2) is 0 Å². The Morgan fingerprint density at radius 2 is 2.06 bits per heavy atom. The molecule has 0 aliphatic heterocycles. The van der Waals surface area contributed by atoms with Gasteiger partial charge in [0.25, 0.3) is 0 Å². The number of aliphatic hydroxyl groups is 1. The largest absolute Gasteiger partial charge is 0.393 e. The zero-order valence-electron chi connectivity index (χ0n) is 10.5. The average molecular weight is 228 g/mol. The highest BCUT2D eigenvalue weighted by molar-refractivity contribution is 5.81. The van der Waals surface area contributed by atoms with Gasteiger partial charge >= 0.3 is 0 Å². The molecule has 1 aliphatic carbocycles. The van der Waals surface area contributed by atoms with E-state index in [2.05, 4.69) is 17.6 Å². The van der Waals surface area contributed by atoms with Crippen molar-refractivity contribution < 1.29 is 9.90 Å². The van der Waals surface area contributed by atoms with Gasteiger partial charge in [0.2, 0.25) is 5.91 Å². The highest BCUT2D eigenvalue weighted by Gasteiger charge is 2.27. The second-order valence-corrected chi connectivity index (χ2v) is 4.94. The van der Waals surface area contributed by atoms with Crippen molar-refractivity contribution in [2.45, 2.75) is 58.2 Å². The fourth-order valence-electron chi connectivity index (χ4n) is 1.77. The van der Waals surface area contributed by atoms with Gasteiger partial charge in [0, 0.05) is 6.04 Å².